The molecule has 0 amide bonds. The van der Waals surface area contributed by atoms with Gasteiger partial charge in [0.2, 0.25) is 0 Å². The molecule has 0 saturated carbocycles. The van der Waals surface area contributed by atoms with Gasteiger partial charge in [-0.1, -0.05) is 18.5 Å². The van der Waals surface area contributed by atoms with Crippen molar-refractivity contribution in [1.82, 2.24) is 4.90 Å². The standard InChI is InChI=1S/C14H23ClN2OS/c1-4-11(16)14(12-5-6-13(15)19-12)17-7-9(2)18-10(3)8-17/h5-6,9-11,14H,4,7-8,16H2,1-3H3/t9-,10+,11?,14?. The monoisotopic (exact) mass is 302 g/mol. The average molecular weight is 303 g/mol. The Kier molecular flexibility index (Phi) is 5.26. The summed E-state index contributed by atoms with van der Waals surface area (Å²) in [5.74, 6) is 0. The van der Waals surface area contributed by atoms with Crippen LogP contribution in [-0.2, 0) is 4.74 Å². The number of ether oxygens (including phenoxy) is 1. The van der Waals surface area contributed by atoms with Crippen molar-refractivity contribution in [3.63, 3.8) is 0 Å². The minimum atomic E-state index is 0.132. The van der Waals surface area contributed by atoms with Gasteiger partial charge in [-0.2, -0.15) is 0 Å². The van der Waals surface area contributed by atoms with Gasteiger partial charge in [-0.3, -0.25) is 4.90 Å². The fourth-order valence-corrected chi connectivity index (χ4v) is 4.09. The van der Waals surface area contributed by atoms with Gasteiger partial charge in [0, 0.05) is 24.0 Å². The summed E-state index contributed by atoms with van der Waals surface area (Å²) in [5, 5.41) is 0. The number of rotatable bonds is 4. The second-order valence-electron chi connectivity index (χ2n) is 5.37. The third-order valence-electron chi connectivity index (χ3n) is 3.60. The summed E-state index contributed by atoms with van der Waals surface area (Å²) in [7, 11) is 0. The van der Waals surface area contributed by atoms with E-state index in [1.54, 1.807) is 11.3 Å². The van der Waals surface area contributed by atoms with Crippen LogP contribution in [0.1, 0.15) is 38.1 Å². The first-order valence-electron chi connectivity index (χ1n) is 6.91. The van der Waals surface area contributed by atoms with Crippen LogP contribution in [0.5, 0.6) is 0 Å². The zero-order valence-corrected chi connectivity index (χ0v) is 13.4. The lowest BCUT2D eigenvalue weighted by Gasteiger charge is -2.41. The highest BCUT2D eigenvalue weighted by atomic mass is 35.5. The first-order valence-corrected chi connectivity index (χ1v) is 8.11. The summed E-state index contributed by atoms with van der Waals surface area (Å²) in [5.41, 5.74) is 6.36. The molecule has 0 aliphatic carbocycles. The second-order valence-corrected chi connectivity index (χ2v) is 7.12. The van der Waals surface area contributed by atoms with E-state index in [1.165, 1.54) is 4.88 Å². The highest BCUT2D eigenvalue weighted by molar-refractivity contribution is 7.16. The Labute approximate surface area is 124 Å². The smallest absolute Gasteiger partial charge is 0.0931 e. The minimum Gasteiger partial charge on any atom is -0.373 e. The van der Waals surface area contributed by atoms with E-state index in [0.717, 1.165) is 23.8 Å². The summed E-state index contributed by atoms with van der Waals surface area (Å²) in [6, 6.07) is 4.45. The Balaban J connectivity index is 2.22. The highest BCUT2D eigenvalue weighted by Gasteiger charge is 2.32. The van der Waals surface area contributed by atoms with E-state index < -0.39 is 0 Å². The molecule has 1 aliphatic rings. The second kappa shape index (κ2) is 6.55. The predicted molar refractivity (Wildman–Crippen MR) is 81.9 cm³/mol. The van der Waals surface area contributed by atoms with Gasteiger partial charge in [0.25, 0.3) is 0 Å². The van der Waals surface area contributed by atoms with E-state index in [0.29, 0.717) is 0 Å². The Morgan fingerprint density at radius 2 is 2.05 bits per heavy atom. The van der Waals surface area contributed by atoms with Gasteiger partial charge in [-0.15, -0.1) is 11.3 Å². The number of hydrogen-bond donors (Lipinski definition) is 1. The van der Waals surface area contributed by atoms with Crippen molar-refractivity contribution in [2.45, 2.75) is 51.5 Å². The highest BCUT2D eigenvalue weighted by Crippen LogP contribution is 2.34. The van der Waals surface area contributed by atoms with Gasteiger partial charge in [0.15, 0.2) is 0 Å². The molecule has 2 heterocycles. The fraction of sp³-hybridized carbons (Fsp3) is 0.714. The van der Waals surface area contributed by atoms with E-state index in [-0.39, 0.29) is 24.3 Å². The van der Waals surface area contributed by atoms with Gasteiger partial charge < -0.3 is 10.5 Å². The SMILES string of the molecule is CCC(N)C(c1ccc(Cl)s1)N1C[C@@H](C)O[C@@H](C)C1. The van der Waals surface area contributed by atoms with E-state index in [9.17, 15) is 0 Å². The van der Waals surface area contributed by atoms with Crippen LogP contribution in [0.2, 0.25) is 4.34 Å². The maximum Gasteiger partial charge on any atom is 0.0931 e. The Bertz CT molecular complexity index is 402. The predicted octanol–water partition coefficient (Wildman–Crippen LogP) is 3.29. The zero-order chi connectivity index (χ0) is 14.0. The molecule has 2 N–H and O–H groups in total. The number of nitrogens with two attached hydrogens (primary N) is 1. The van der Waals surface area contributed by atoms with Crippen LogP contribution in [0.15, 0.2) is 12.1 Å². The molecule has 3 nitrogen and oxygen atoms in total. The molecule has 108 valence electrons. The summed E-state index contributed by atoms with van der Waals surface area (Å²) >= 11 is 7.72. The lowest BCUT2D eigenvalue weighted by Crippen LogP contribution is -2.51. The van der Waals surface area contributed by atoms with Crippen LogP contribution in [0, 0.1) is 0 Å². The molecule has 1 fully saturated rings. The van der Waals surface area contributed by atoms with Crippen LogP contribution >= 0.6 is 22.9 Å². The summed E-state index contributed by atoms with van der Waals surface area (Å²) in [4.78, 5) is 3.72. The van der Waals surface area contributed by atoms with Crippen LogP contribution in [0.4, 0.5) is 0 Å². The molecule has 2 unspecified atom stereocenters. The van der Waals surface area contributed by atoms with E-state index in [2.05, 4.69) is 31.7 Å². The molecule has 2 rings (SSSR count). The van der Waals surface area contributed by atoms with Crippen LogP contribution in [0.3, 0.4) is 0 Å². The first-order chi connectivity index (χ1) is 9.01. The van der Waals surface area contributed by atoms with Crippen LogP contribution in [-0.4, -0.2) is 36.2 Å². The fourth-order valence-electron chi connectivity index (χ4n) is 2.82. The van der Waals surface area contributed by atoms with E-state index in [1.807, 2.05) is 6.07 Å². The van der Waals surface area contributed by atoms with Crippen molar-refractivity contribution in [2.24, 2.45) is 5.73 Å². The molecule has 1 aromatic heterocycles. The third kappa shape index (κ3) is 3.70. The molecule has 0 aromatic carbocycles. The van der Waals surface area contributed by atoms with Crippen molar-refractivity contribution in [2.75, 3.05) is 13.1 Å². The molecule has 0 spiro atoms. The van der Waals surface area contributed by atoms with Crippen molar-refractivity contribution < 1.29 is 4.74 Å². The minimum absolute atomic E-state index is 0.132. The average Bonchev–Trinajstić information content (AvgIpc) is 2.74. The van der Waals surface area contributed by atoms with Gasteiger partial charge in [0.1, 0.15) is 0 Å². The van der Waals surface area contributed by atoms with Gasteiger partial charge in [0.05, 0.1) is 22.6 Å². The summed E-state index contributed by atoms with van der Waals surface area (Å²) < 4.78 is 6.65. The quantitative estimate of drug-likeness (QED) is 0.927. The normalized spacial score (nSPS) is 28.3. The van der Waals surface area contributed by atoms with Crippen LogP contribution in [0.25, 0.3) is 0 Å². The molecular weight excluding hydrogens is 280 g/mol. The maximum absolute atomic E-state index is 6.36. The Hall–Kier alpha value is -0.130. The lowest BCUT2D eigenvalue weighted by molar-refractivity contribution is -0.0834. The van der Waals surface area contributed by atoms with Crippen molar-refractivity contribution >= 4 is 22.9 Å². The van der Waals surface area contributed by atoms with Crippen molar-refractivity contribution in [1.29, 1.82) is 0 Å². The molecule has 0 radical (unpaired) electrons. The van der Waals surface area contributed by atoms with Crippen molar-refractivity contribution in [3.8, 4) is 0 Å². The zero-order valence-electron chi connectivity index (χ0n) is 11.8. The molecule has 5 heteroatoms. The molecular formula is C14H23ClN2OS. The molecule has 19 heavy (non-hydrogen) atoms. The summed E-state index contributed by atoms with van der Waals surface area (Å²) in [6.45, 7) is 8.24. The number of nitrogens with zero attached hydrogens (tertiary/aromatic N) is 1. The van der Waals surface area contributed by atoms with Crippen LogP contribution < -0.4 is 5.73 Å². The topological polar surface area (TPSA) is 38.5 Å². The van der Waals surface area contributed by atoms with Gasteiger partial charge in [-0.25, -0.2) is 0 Å². The number of halogens is 1. The van der Waals surface area contributed by atoms with Gasteiger partial charge >= 0.3 is 0 Å². The Morgan fingerprint density at radius 1 is 1.42 bits per heavy atom. The molecule has 1 saturated heterocycles. The number of thiophene rings is 1. The number of morpholine rings is 1. The van der Waals surface area contributed by atoms with Gasteiger partial charge in [-0.05, 0) is 32.4 Å². The largest absolute Gasteiger partial charge is 0.373 e. The lowest BCUT2D eigenvalue weighted by atomic mass is 10.0. The van der Waals surface area contributed by atoms with E-state index in [4.69, 9.17) is 22.1 Å². The van der Waals surface area contributed by atoms with Crippen molar-refractivity contribution in [3.05, 3.63) is 21.3 Å². The molecule has 4 atom stereocenters. The first kappa shape index (κ1) is 15.3. The molecule has 1 aromatic rings. The maximum atomic E-state index is 6.36. The molecule has 0 bridgehead atoms. The molecule has 1 aliphatic heterocycles. The Morgan fingerprint density at radius 3 is 2.53 bits per heavy atom. The third-order valence-corrected chi connectivity index (χ3v) is 4.91. The summed E-state index contributed by atoms with van der Waals surface area (Å²) in [6.07, 6.45) is 1.47. The van der Waals surface area contributed by atoms with E-state index >= 15 is 0 Å². The number of hydrogen-bond acceptors (Lipinski definition) is 4.